The third-order valence-electron chi connectivity index (χ3n) is 3.87. The molecule has 0 saturated carbocycles. The summed E-state index contributed by atoms with van der Waals surface area (Å²) in [5, 5.41) is 20.4. The summed E-state index contributed by atoms with van der Waals surface area (Å²) in [5.74, 6) is -0.291. The van der Waals surface area contributed by atoms with Crippen molar-refractivity contribution in [2.75, 3.05) is 12.3 Å². The molecule has 1 fully saturated rings. The van der Waals surface area contributed by atoms with Gasteiger partial charge in [0, 0.05) is 0 Å². The van der Waals surface area contributed by atoms with Crippen molar-refractivity contribution in [2.45, 2.75) is 32.0 Å². The van der Waals surface area contributed by atoms with Crippen molar-refractivity contribution in [3.8, 4) is 0 Å². The molecule has 6 atom stereocenters. The molecule has 25 heteroatoms. The van der Waals surface area contributed by atoms with Gasteiger partial charge in [0.05, 0.1) is 20.8 Å². The zero-order valence-electron chi connectivity index (χ0n) is 18.2. The molecule has 3 rings (SSSR count). The number of phosphoric ester groups is 1. The van der Waals surface area contributed by atoms with Crippen molar-refractivity contribution < 1.29 is 150 Å². The van der Waals surface area contributed by atoms with Crippen molar-refractivity contribution in [3.05, 3.63) is 16.7 Å². The van der Waals surface area contributed by atoms with Crippen LogP contribution in [0, 0.1) is 0 Å². The number of hydrogen-bond acceptors (Lipinski definition) is 16. The van der Waals surface area contributed by atoms with Gasteiger partial charge >= 0.3 is 96.5 Å². The first kappa shape index (κ1) is 39.6. The number of aromatic nitrogens is 4. The molecule has 2 aromatic rings. The first-order valence-corrected chi connectivity index (χ1v) is 12.5. The number of aliphatic hydroxyl groups excluding tert-OH is 2. The molecular weight excluding hydrogens is 588 g/mol. The zero-order chi connectivity index (χ0) is 24.1. The van der Waals surface area contributed by atoms with Gasteiger partial charge < -0.3 is 44.8 Å². The molecule has 0 aliphatic carbocycles. The van der Waals surface area contributed by atoms with E-state index in [4.69, 9.17) is 10.5 Å². The summed E-state index contributed by atoms with van der Waals surface area (Å²) >= 11 is 0. The van der Waals surface area contributed by atoms with E-state index in [-0.39, 0.29) is 113 Å². The van der Waals surface area contributed by atoms with Gasteiger partial charge in [0.25, 0.3) is 13.4 Å². The third-order valence-corrected chi connectivity index (χ3v) is 7.57. The normalized spacial score (nSPS) is 24.8. The van der Waals surface area contributed by atoms with E-state index in [0.29, 0.717) is 0 Å². The summed E-state index contributed by atoms with van der Waals surface area (Å²) in [4.78, 5) is 62.9. The van der Waals surface area contributed by atoms with Gasteiger partial charge in [-0.1, -0.05) is 7.43 Å². The summed E-state index contributed by atoms with van der Waals surface area (Å²) in [5.41, 5.74) is 4.43. The van der Waals surface area contributed by atoms with Gasteiger partial charge in [-0.05, 0) is 0 Å². The van der Waals surface area contributed by atoms with E-state index in [1.54, 1.807) is 0 Å². The fourth-order valence-corrected chi connectivity index (χ4v) is 5.58. The number of nitrogens with zero attached hydrogens (tertiary/aromatic N) is 3. The van der Waals surface area contributed by atoms with Crippen molar-refractivity contribution >= 4 is 40.6 Å². The van der Waals surface area contributed by atoms with Crippen LogP contribution in [0.1, 0.15) is 13.7 Å². The van der Waals surface area contributed by atoms with Gasteiger partial charge in [-0.2, -0.15) is 4.98 Å². The van der Waals surface area contributed by atoms with Crippen molar-refractivity contribution in [1.82, 2.24) is 19.5 Å². The molecule has 1 aliphatic heterocycles. The second-order valence-electron chi connectivity index (χ2n) is 6.14. The smallest absolute Gasteiger partial charge is 0.790 e. The number of imidazole rings is 1. The number of aromatic amines is 1. The van der Waals surface area contributed by atoms with E-state index < -0.39 is 60.2 Å². The fraction of sp³-hybridized carbons (Fsp3) is 0.545. The monoisotopic (exact) mass is 605 g/mol. The zero-order valence-corrected chi connectivity index (χ0v) is 26.9. The Bertz CT molecular complexity index is 1220. The second kappa shape index (κ2) is 14.9. The Morgan fingerprint density at radius 2 is 1.72 bits per heavy atom. The van der Waals surface area contributed by atoms with E-state index in [1.165, 1.54) is 0 Å². The molecule has 1 aliphatic rings. The Labute approximate surface area is 268 Å². The molecule has 188 valence electrons. The average Bonchev–Trinajstić information content (AvgIpc) is 3.12. The maximum Gasteiger partial charge on any atom is 1.00 e. The van der Waals surface area contributed by atoms with Crippen LogP contribution < -0.4 is 115 Å². The van der Waals surface area contributed by atoms with Crippen LogP contribution in [0.5, 0.6) is 0 Å². The predicted octanol–water partition coefficient (Wildman–Crippen LogP) is -12.6. The quantitative estimate of drug-likeness (QED) is 0.138. The maximum absolute atomic E-state index is 11.8. The first-order chi connectivity index (χ1) is 14.6. The Balaban J connectivity index is 0. The topological polar surface area (TPSA) is 308 Å². The first-order valence-electron chi connectivity index (χ1n) is 8.05. The number of aliphatic hydroxyl groups is 2. The second-order valence-corrected chi connectivity index (χ2v) is 10.4. The SMILES string of the molecule is C.Nc1nc2c(ncn2C2OC(COP(=O)(O)OP(=O)([O-])OP(=O)([O-])[O-])C(O)C2O)c(=O)[nH]1.[Na+].[Na+].[Na+]. The standard InChI is InChI=1S/C10H16N5O14P3.CH4.3Na/c11-10-13-7-4(8(18)14-10)12-2-15(7)9-6(17)5(16)3(27-9)1-26-31(22,23)29-32(24,25)28-30(19,20)21;;;;/h2-3,5-6,9,16-17H,1H2,(H,22,23)(H,24,25)(H2,19,20,21)(H3,11,13,14,18);1H4;;;/q;;3*+1/p-3. The summed E-state index contributed by atoms with van der Waals surface area (Å²) < 4.78 is 50.4. The van der Waals surface area contributed by atoms with Gasteiger partial charge in [0.1, 0.15) is 18.3 Å². The number of hydrogen-bond donors (Lipinski definition) is 5. The molecule has 2 aromatic heterocycles. The minimum Gasteiger partial charge on any atom is -0.790 e. The summed E-state index contributed by atoms with van der Waals surface area (Å²) in [6.07, 6.45) is -5.49. The number of nitrogen functional groups attached to an aromatic ring is 1. The number of H-pyrrole nitrogens is 1. The molecule has 1 saturated heterocycles. The molecular formula is C11H17N5Na3O14P3. The van der Waals surface area contributed by atoms with Crippen LogP contribution in [-0.4, -0.2) is 59.5 Å². The molecule has 36 heavy (non-hydrogen) atoms. The Morgan fingerprint density at radius 3 is 2.28 bits per heavy atom. The molecule has 0 bridgehead atoms. The summed E-state index contributed by atoms with van der Waals surface area (Å²) in [6, 6.07) is 0. The van der Waals surface area contributed by atoms with E-state index in [9.17, 15) is 48.3 Å². The molecule has 6 unspecified atom stereocenters. The van der Waals surface area contributed by atoms with Crippen LogP contribution in [0.15, 0.2) is 11.1 Å². The van der Waals surface area contributed by atoms with Crippen LogP contribution >= 0.6 is 23.5 Å². The van der Waals surface area contributed by atoms with Crippen molar-refractivity contribution in [1.29, 1.82) is 0 Å². The minimum absolute atomic E-state index is 0. The number of fused-ring (bicyclic) bond motifs is 1. The molecule has 0 aromatic carbocycles. The Kier molecular flexibility index (Phi) is 16.4. The number of phosphoric acid groups is 3. The molecule has 19 nitrogen and oxygen atoms in total. The Morgan fingerprint density at radius 1 is 1.14 bits per heavy atom. The third kappa shape index (κ3) is 10.1. The number of nitrogens with two attached hydrogens (primary N) is 1. The summed E-state index contributed by atoms with van der Waals surface area (Å²) in [7, 11) is -17.8. The van der Waals surface area contributed by atoms with E-state index in [2.05, 4.69) is 28.1 Å². The van der Waals surface area contributed by atoms with E-state index >= 15 is 0 Å². The number of ether oxygens (including phenoxy) is 1. The van der Waals surface area contributed by atoms with Crippen LogP contribution in [-0.2, 0) is 31.6 Å². The van der Waals surface area contributed by atoms with Gasteiger partial charge in [-0.15, -0.1) is 0 Å². The molecule has 3 heterocycles. The number of rotatable bonds is 8. The maximum atomic E-state index is 11.8. The van der Waals surface area contributed by atoms with E-state index in [0.717, 1.165) is 10.9 Å². The van der Waals surface area contributed by atoms with Gasteiger partial charge in [-0.3, -0.25) is 27.7 Å². The van der Waals surface area contributed by atoms with Crippen LogP contribution in [0.2, 0.25) is 0 Å². The summed E-state index contributed by atoms with van der Waals surface area (Å²) in [6.45, 7) is -1.07. The fourth-order valence-electron chi connectivity index (χ4n) is 2.68. The van der Waals surface area contributed by atoms with Crippen LogP contribution in [0.3, 0.4) is 0 Å². The average molecular weight is 605 g/mol. The number of anilines is 1. The van der Waals surface area contributed by atoms with Gasteiger partial charge in [-0.25, -0.2) is 13.9 Å². The van der Waals surface area contributed by atoms with Crippen molar-refractivity contribution in [2.24, 2.45) is 0 Å². The molecule has 0 amide bonds. The minimum atomic E-state index is -6.13. The predicted molar refractivity (Wildman–Crippen MR) is 98.4 cm³/mol. The molecule has 6 N–H and O–H groups in total. The molecule has 0 radical (unpaired) electrons. The molecule has 0 spiro atoms. The van der Waals surface area contributed by atoms with E-state index in [1.807, 2.05) is 0 Å². The van der Waals surface area contributed by atoms with Crippen LogP contribution in [0.4, 0.5) is 5.95 Å². The van der Waals surface area contributed by atoms with Crippen molar-refractivity contribution in [3.63, 3.8) is 0 Å². The Hall–Kier alpha value is 1.44. The van der Waals surface area contributed by atoms with Crippen LogP contribution in [0.25, 0.3) is 11.2 Å². The number of nitrogens with one attached hydrogen (secondary N) is 1. The van der Waals surface area contributed by atoms with Gasteiger partial charge in [0.15, 0.2) is 17.4 Å². The van der Waals surface area contributed by atoms with Gasteiger partial charge in [0.2, 0.25) is 5.95 Å². The largest absolute Gasteiger partial charge is 1.00 e.